The van der Waals surface area contributed by atoms with E-state index in [1.54, 1.807) is 6.20 Å². The molecule has 2 bridgehead atoms. The van der Waals surface area contributed by atoms with E-state index in [-0.39, 0.29) is 6.61 Å². The van der Waals surface area contributed by atoms with Crippen LogP contribution >= 0.6 is 0 Å². The Kier molecular flexibility index (Phi) is 2.63. The normalized spacial score (nSPS) is 22.7. The first-order valence-corrected chi connectivity index (χ1v) is 6.22. The minimum absolute atomic E-state index is 0.152. The lowest BCUT2D eigenvalue weighted by molar-refractivity contribution is 0.297. The third-order valence-electron chi connectivity index (χ3n) is 3.78. The maximum absolute atomic E-state index is 9.07. The van der Waals surface area contributed by atoms with E-state index in [1.165, 1.54) is 5.70 Å². The Morgan fingerprint density at radius 1 is 1.56 bits per heavy atom. The zero-order valence-electron chi connectivity index (χ0n) is 10.6. The van der Waals surface area contributed by atoms with Gasteiger partial charge in [0.15, 0.2) is 0 Å². The summed E-state index contributed by atoms with van der Waals surface area (Å²) in [6, 6.07) is 2.34. The lowest BCUT2D eigenvalue weighted by atomic mass is 10.1. The average Bonchev–Trinajstić information content (AvgIpc) is 2.91. The van der Waals surface area contributed by atoms with Crippen LogP contribution in [0.5, 0.6) is 0 Å². The Bertz CT molecular complexity index is 505. The van der Waals surface area contributed by atoms with Crippen molar-refractivity contribution in [1.29, 1.82) is 0 Å². The molecule has 18 heavy (non-hydrogen) atoms. The monoisotopic (exact) mass is 246 g/mol. The summed E-state index contributed by atoms with van der Waals surface area (Å²) in [5, 5.41) is 13.4. The predicted molar refractivity (Wildman–Crippen MR) is 69.6 cm³/mol. The molecular weight excluding hydrogens is 228 g/mol. The fraction of sp³-hybridized carbons (Fsp3) is 0.462. The van der Waals surface area contributed by atoms with Crippen molar-refractivity contribution >= 4 is 5.70 Å². The molecule has 96 valence electrons. The number of aromatic nitrogens is 2. The van der Waals surface area contributed by atoms with Crippen molar-refractivity contribution < 1.29 is 5.11 Å². The van der Waals surface area contributed by atoms with E-state index in [4.69, 9.17) is 5.11 Å². The second-order valence-electron chi connectivity index (χ2n) is 4.84. The topological polar surface area (TPSA) is 44.5 Å². The lowest BCUT2D eigenvalue weighted by Crippen LogP contribution is -2.30. The molecule has 0 aromatic carbocycles. The number of rotatable bonds is 3. The summed E-state index contributed by atoms with van der Waals surface area (Å²) in [7, 11) is 2.07. The summed E-state index contributed by atoms with van der Waals surface area (Å²) < 4.78 is 1.95. The molecule has 0 aliphatic carbocycles. The van der Waals surface area contributed by atoms with Crippen molar-refractivity contribution in [1.82, 2.24) is 19.6 Å². The van der Waals surface area contributed by atoms with Gasteiger partial charge in [-0.3, -0.25) is 0 Å². The van der Waals surface area contributed by atoms with Crippen LogP contribution in [0.3, 0.4) is 0 Å². The van der Waals surface area contributed by atoms with Gasteiger partial charge in [-0.1, -0.05) is 6.58 Å². The average molecular weight is 246 g/mol. The quantitative estimate of drug-likeness (QED) is 0.836. The van der Waals surface area contributed by atoms with Crippen LogP contribution in [0.1, 0.15) is 5.69 Å². The molecule has 1 atom stereocenters. The number of aliphatic hydroxyl groups is 1. The number of aliphatic hydroxyl groups excluding tert-OH is 1. The van der Waals surface area contributed by atoms with Crippen molar-refractivity contribution in [3.05, 3.63) is 36.4 Å². The fourth-order valence-corrected chi connectivity index (χ4v) is 2.69. The van der Waals surface area contributed by atoms with Crippen molar-refractivity contribution in [3.8, 4) is 0 Å². The summed E-state index contributed by atoms with van der Waals surface area (Å²) in [6.45, 7) is 6.10. The van der Waals surface area contributed by atoms with Gasteiger partial charge in [-0.25, -0.2) is 4.68 Å². The van der Waals surface area contributed by atoms with Gasteiger partial charge >= 0.3 is 0 Å². The number of hydrogen-bond donors (Lipinski definition) is 1. The highest BCUT2D eigenvalue weighted by molar-refractivity contribution is 5.52. The molecule has 1 unspecified atom stereocenters. The Labute approximate surface area is 107 Å². The molecule has 1 N–H and O–H groups in total. The van der Waals surface area contributed by atoms with E-state index in [1.807, 2.05) is 10.7 Å². The van der Waals surface area contributed by atoms with Crippen LogP contribution in [0.15, 0.2) is 30.7 Å². The number of likely N-dealkylation sites (N-methyl/N-ethyl adjacent to an activating group) is 1. The largest absolute Gasteiger partial charge is 0.396 e. The molecule has 0 radical (unpaired) electrons. The molecule has 2 aliphatic heterocycles. The molecule has 2 aliphatic rings. The van der Waals surface area contributed by atoms with Crippen molar-refractivity contribution in [2.45, 2.75) is 12.5 Å². The minimum atomic E-state index is 0.152. The standard InChI is InChI=1S/C13H18N4O/c1-10-15(2)12-7-13(9-16(10)8-12)17-11(4-6-18)3-5-14-17/h3,5,7,12,18H,1,4,6,8-9H2,2H3. The molecule has 3 heterocycles. The summed E-state index contributed by atoms with van der Waals surface area (Å²) in [5.74, 6) is 1.07. The number of hydrogen-bond acceptors (Lipinski definition) is 4. The first kappa shape index (κ1) is 11.3. The molecule has 1 aromatic heterocycles. The third kappa shape index (κ3) is 1.62. The highest BCUT2D eigenvalue weighted by atomic mass is 16.3. The van der Waals surface area contributed by atoms with Gasteiger partial charge < -0.3 is 14.9 Å². The van der Waals surface area contributed by atoms with Crippen LogP contribution in [-0.4, -0.2) is 57.5 Å². The molecule has 5 heteroatoms. The zero-order chi connectivity index (χ0) is 12.7. The Morgan fingerprint density at radius 3 is 3.11 bits per heavy atom. The van der Waals surface area contributed by atoms with Crippen molar-refractivity contribution in [2.24, 2.45) is 0 Å². The van der Waals surface area contributed by atoms with Crippen molar-refractivity contribution in [2.75, 3.05) is 26.7 Å². The molecule has 0 amide bonds. The van der Waals surface area contributed by atoms with Gasteiger partial charge in [-0.2, -0.15) is 5.10 Å². The van der Waals surface area contributed by atoms with Gasteiger partial charge in [0.05, 0.1) is 24.1 Å². The molecule has 0 spiro atoms. The van der Waals surface area contributed by atoms with Crippen LogP contribution < -0.4 is 0 Å². The van der Waals surface area contributed by atoms with Crippen LogP contribution in [0, 0.1) is 0 Å². The van der Waals surface area contributed by atoms with Gasteiger partial charge in [0.1, 0.15) is 0 Å². The Morgan fingerprint density at radius 2 is 2.39 bits per heavy atom. The highest BCUT2D eigenvalue weighted by Gasteiger charge is 2.33. The lowest BCUT2D eigenvalue weighted by Gasteiger charge is -2.24. The van der Waals surface area contributed by atoms with Gasteiger partial charge in [0.2, 0.25) is 0 Å². The molecule has 0 saturated carbocycles. The molecule has 1 aromatic rings. The van der Waals surface area contributed by atoms with Gasteiger partial charge in [-0.05, 0) is 12.1 Å². The van der Waals surface area contributed by atoms with Gasteiger partial charge in [-0.15, -0.1) is 0 Å². The highest BCUT2D eigenvalue weighted by Crippen LogP contribution is 2.29. The maximum Gasteiger partial charge on any atom is 0.0972 e. The van der Waals surface area contributed by atoms with E-state index in [0.29, 0.717) is 12.5 Å². The summed E-state index contributed by atoms with van der Waals surface area (Å²) >= 11 is 0. The first-order chi connectivity index (χ1) is 8.70. The van der Waals surface area contributed by atoms with E-state index >= 15 is 0 Å². The smallest absolute Gasteiger partial charge is 0.0972 e. The van der Waals surface area contributed by atoms with Gasteiger partial charge in [0, 0.05) is 38.5 Å². The van der Waals surface area contributed by atoms with E-state index in [0.717, 1.165) is 24.6 Å². The summed E-state index contributed by atoms with van der Waals surface area (Å²) in [5.41, 5.74) is 2.23. The second kappa shape index (κ2) is 4.17. The zero-order valence-corrected chi connectivity index (χ0v) is 10.6. The van der Waals surface area contributed by atoms with E-state index in [2.05, 4.69) is 34.6 Å². The van der Waals surface area contributed by atoms with Crippen molar-refractivity contribution in [3.63, 3.8) is 0 Å². The minimum Gasteiger partial charge on any atom is -0.396 e. The third-order valence-corrected chi connectivity index (χ3v) is 3.78. The van der Waals surface area contributed by atoms with Crippen LogP contribution in [0.2, 0.25) is 0 Å². The van der Waals surface area contributed by atoms with Gasteiger partial charge in [0.25, 0.3) is 0 Å². The maximum atomic E-state index is 9.07. The summed E-state index contributed by atoms with van der Waals surface area (Å²) in [6.07, 6.45) is 4.68. The molecule has 1 saturated heterocycles. The molecule has 1 fully saturated rings. The fourth-order valence-electron chi connectivity index (χ4n) is 2.69. The number of fused-ring (bicyclic) bond motifs is 2. The molecular formula is C13H18N4O. The SMILES string of the molecule is C=C1N2CC(n3nccc3CCO)=CC(C2)N1C. The molecule has 3 rings (SSSR count). The van der Waals surface area contributed by atoms with Crippen LogP contribution in [0.4, 0.5) is 0 Å². The molecule has 5 nitrogen and oxygen atoms in total. The summed E-state index contributed by atoms with van der Waals surface area (Å²) in [4.78, 5) is 4.46. The van der Waals surface area contributed by atoms with Crippen LogP contribution in [0.25, 0.3) is 5.70 Å². The predicted octanol–water partition coefficient (Wildman–Crippen LogP) is 0.360. The first-order valence-electron chi connectivity index (χ1n) is 6.22. The second-order valence-corrected chi connectivity index (χ2v) is 4.84. The van der Waals surface area contributed by atoms with Crippen LogP contribution in [-0.2, 0) is 6.42 Å². The van der Waals surface area contributed by atoms with E-state index < -0.39 is 0 Å². The Balaban J connectivity index is 1.92. The Hall–Kier alpha value is -1.75. The number of nitrogens with zero attached hydrogens (tertiary/aromatic N) is 4. The van der Waals surface area contributed by atoms with E-state index in [9.17, 15) is 0 Å².